The highest BCUT2D eigenvalue weighted by Crippen LogP contribution is 2.32. The highest BCUT2D eigenvalue weighted by molar-refractivity contribution is 5.56. The molecule has 0 spiro atoms. The summed E-state index contributed by atoms with van der Waals surface area (Å²) in [6.45, 7) is 4.76. The molecular weight excluding hydrogens is 229 g/mol. The number of rotatable bonds is 2. The van der Waals surface area contributed by atoms with Crippen molar-refractivity contribution in [1.29, 1.82) is 0 Å². The molecule has 0 radical (unpaired) electrons. The van der Waals surface area contributed by atoms with E-state index < -0.39 is 6.10 Å². The van der Waals surface area contributed by atoms with Gasteiger partial charge in [0.2, 0.25) is 0 Å². The summed E-state index contributed by atoms with van der Waals surface area (Å²) in [4.78, 5) is 2.25. The molecule has 1 heterocycles. The third kappa shape index (κ3) is 2.66. The third-order valence-electron chi connectivity index (χ3n) is 3.81. The summed E-state index contributed by atoms with van der Waals surface area (Å²) in [5.41, 5.74) is 1.30. The van der Waals surface area contributed by atoms with Crippen LogP contribution in [0.25, 0.3) is 0 Å². The molecule has 1 saturated heterocycles. The Labute approximate surface area is 108 Å². The maximum Gasteiger partial charge on any atom is 0.131 e. The molecule has 1 unspecified atom stereocenters. The van der Waals surface area contributed by atoms with E-state index in [0.717, 1.165) is 25.1 Å². The minimum Gasteiger partial charge on any atom is -0.389 e. The summed E-state index contributed by atoms with van der Waals surface area (Å²) in [6, 6.07) is 5.49. The Morgan fingerprint density at radius 3 is 2.83 bits per heavy atom. The normalized spacial score (nSPS) is 22.7. The molecule has 2 nitrogen and oxygen atoms in total. The summed E-state index contributed by atoms with van der Waals surface area (Å²) in [5, 5.41) is 9.81. The van der Waals surface area contributed by atoms with Crippen molar-refractivity contribution in [3.05, 3.63) is 29.6 Å². The Balaban J connectivity index is 2.39. The minimum atomic E-state index is -0.767. The van der Waals surface area contributed by atoms with Crippen molar-refractivity contribution in [3.63, 3.8) is 0 Å². The largest absolute Gasteiger partial charge is 0.389 e. The number of nitrogens with zero attached hydrogens (tertiary/aromatic N) is 1. The second-order valence-corrected chi connectivity index (χ2v) is 5.24. The number of benzene rings is 1. The molecule has 0 bridgehead atoms. The van der Waals surface area contributed by atoms with Crippen molar-refractivity contribution in [1.82, 2.24) is 0 Å². The van der Waals surface area contributed by atoms with Crippen LogP contribution in [0.2, 0.25) is 0 Å². The first kappa shape index (κ1) is 13.3. The molecular formula is C15H22FNO. The quantitative estimate of drug-likeness (QED) is 0.867. The maximum absolute atomic E-state index is 13.9. The van der Waals surface area contributed by atoms with Crippen molar-refractivity contribution >= 4 is 5.69 Å². The fourth-order valence-electron chi connectivity index (χ4n) is 2.82. The predicted octanol–water partition coefficient (Wildman–Crippen LogP) is 3.65. The summed E-state index contributed by atoms with van der Waals surface area (Å²) >= 11 is 0. The van der Waals surface area contributed by atoms with Gasteiger partial charge >= 0.3 is 0 Å². The lowest BCUT2D eigenvalue weighted by Gasteiger charge is -2.32. The first-order valence-corrected chi connectivity index (χ1v) is 6.84. The first-order chi connectivity index (χ1) is 8.61. The average molecular weight is 251 g/mol. The third-order valence-corrected chi connectivity index (χ3v) is 3.81. The van der Waals surface area contributed by atoms with Crippen molar-refractivity contribution in [2.75, 3.05) is 11.4 Å². The molecule has 1 aromatic carbocycles. The van der Waals surface area contributed by atoms with Crippen LogP contribution in [0.3, 0.4) is 0 Å². The van der Waals surface area contributed by atoms with Crippen LogP contribution in [0.1, 0.15) is 51.2 Å². The van der Waals surface area contributed by atoms with Crippen LogP contribution < -0.4 is 4.90 Å². The number of aliphatic hydroxyl groups is 1. The van der Waals surface area contributed by atoms with Crippen molar-refractivity contribution < 1.29 is 9.50 Å². The van der Waals surface area contributed by atoms with Crippen molar-refractivity contribution in [2.24, 2.45) is 0 Å². The average Bonchev–Trinajstić information content (AvgIpc) is 2.53. The number of aliphatic hydroxyl groups excluding tert-OH is 1. The van der Waals surface area contributed by atoms with E-state index in [1.165, 1.54) is 18.9 Å². The van der Waals surface area contributed by atoms with Crippen LogP contribution in [0.15, 0.2) is 18.2 Å². The smallest absolute Gasteiger partial charge is 0.131 e. The molecule has 18 heavy (non-hydrogen) atoms. The number of hydrogen-bond donors (Lipinski definition) is 1. The highest BCUT2D eigenvalue weighted by Gasteiger charge is 2.23. The molecule has 0 aliphatic carbocycles. The second-order valence-electron chi connectivity index (χ2n) is 5.24. The molecule has 1 aromatic rings. The SMILES string of the molecule is CC1CCCCCN1c1cccc(F)c1[C@H](C)O. The molecule has 2 atom stereocenters. The lowest BCUT2D eigenvalue weighted by Crippen LogP contribution is -2.33. The summed E-state index contributed by atoms with van der Waals surface area (Å²) < 4.78 is 13.9. The fraction of sp³-hybridized carbons (Fsp3) is 0.600. The molecule has 3 heteroatoms. The summed E-state index contributed by atoms with van der Waals surface area (Å²) in [5.74, 6) is -0.307. The zero-order valence-electron chi connectivity index (χ0n) is 11.2. The fourth-order valence-corrected chi connectivity index (χ4v) is 2.82. The van der Waals surface area contributed by atoms with Crippen LogP contribution in [-0.2, 0) is 0 Å². The first-order valence-electron chi connectivity index (χ1n) is 6.84. The van der Waals surface area contributed by atoms with E-state index in [0.29, 0.717) is 11.6 Å². The standard InChI is InChI=1S/C15H22FNO/c1-11-7-4-3-5-10-17(11)14-9-6-8-13(16)15(14)12(2)18/h6,8-9,11-12,18H,3-5,7,10H2,1-2H3/t11?,12-/m0/s1. The van der Waals surface area contributed by atoms with Gasteiger partial charge in [-0.25, -0.2) is 4.39 Å². The van der Waals surface area contributed by atoms with Gasteiger partial charge in [-0.05, 0) is 38.8 Å². The zero-order chi connectivity index (χ0) is 13.1. The van der Waals surface area contributed by atoms with Gasteiger partial charge in [-0.3, -0.25) is 0 Å². The molecule has 100 valence electrons. The minimum absolute atomic E-state index is 0.307. The molecule has 0 aromatic heterocycles. The van der Waals surface area contributed by atoms with E-state index in [1.54, 1.807) is 13.0 Å². The second kappa shape index (κ2) is 5.70. The monoisotopic (exact) mass is 251 g/mol. The van der Waals surface area contributed by atoms with Gasteiger partial charge in [0.25, 0.3) is 0 Å². The van der Waals surface area contributed by atoms with Gasteiger partial charge in [0, 0.05) is 23.8 Å². The maximum atomic E-state index is 13.9. The predicted molar refractivity (Wildman–Crippen MR) is 72.3 cm³/mol. The van der Waals surface area contributed by atoms with Crippen LogP contribution in [0.5, 0.6) is 0 Å². The van der Waals surface area contributed by atoms with E-state index in [1.807, 2.05) is 6.07 Å². The van der Waals surface area contributed by atoms with Gasteiger partial charge in [0.05, 0.1) is 6.10 Å². The summed E-state index contributed by atoms with van der Waals surface area (Å²) in [6.07, 6.45) is 3.98. The summed E-state index contributed by atoms with van der Waals surface area (Å²) in [7, 11) is 0. The molecule has 1 N–H and O–H groups in total. The lowest BCUT2D eigenvalue weighted by molar-refractivity contribution is 0.194. The Hall–Kier alpha value is -1.09. The Bertz CT molecular complexity index is 405. The molecule has 2 rings (SSSR count). The van der Waals surface area contributed by atoms with Crippen LogP contribution >= 0.6 is 0 Å². The van der Waals surface area contributed by atoms with Crippen LogP contribution in [0.4, 0.5) is 10.1 Å². The number of halogens is 1. The van der Waals surface area contributed by atoms with E-state index >= 15 is 0 Å². The van der Waals surface area contributed by atoms with Gasteiger partial charge in [-0.15, -0.1) is 0 Å². The van der Waals surface area contributed by atoms with E-state index in [2.05, 4.69) is 11.8 Å². The Morgan fingerprint density at radius 2 is 2.11 bits per heavy atom. The van der Waals surface area contributed by atoms with Gasteiger partial charge < -0.3 is 10.0 Å². The zero-order valence-corrected chi connectivity index (χ0v) is 11.2. The van der Waals surface area contributed by atoms with Crippen LogP contribution in [-0.4, -0.2) is 17.7 Å². The van der Waals surface area contributed by atoms with Gasteiger partial charge in [-0.1, -0.05) is 18.9 Å². The topological polar surface area (TPSA) is 23.5 Å². The molecule has 1 fully saturated rings. The van der Waals surface area contributed by atoms with Crippen molar-refractivity contribution in [3.8, 4) is 0 Å². The number of hydrogen-bond acceptors (Lipinski definition) is 2. The molecule has 0 amide bonds. The Morgan fingerprint density at radius 1 is 1.33 bits per heavy atom. The number of anilines is 1. The molecule has 0 saturated carbocycles. The van der Waals surface area contributed by atoms with E-state index in [4.69, 9.17) is 0 Å². The van der Waals surface area contributed by atoms with E-state index in [9.17, 15) is 9.50 Å². The lowest BCUT2D eigenvalue weighted by atomic mass is 10.0. The highest BCUT2D eigenvalue weighted by atomic mass is 19.1. The van der Waals surface area contributed by atoms with E-state index in [-0.39, 0.29) is 5.82 Å². The van der Waals surface area contributed by atoms with Crippen molar-refractivity contribution in [2.45, 2.75) is 51.7 Å². The molecule has 1 aliphatic rings. The Kier molecular flexibility index (Phi) is 4.23. The van der Waals surface area contributed by atoms with Gasteiger partial charge in [0.1, 0.15) is 5.82 Å². The van der Waals surface area contributed by atoms with Gasteiger partial charge in [0.15, 0.2) is 0 Å². The molecule has 1 aliphatic heterocycles. The van der Waals surface area contributed by atoms with Gasteiger partial charge in [-0.2, -0.15) is 0 Å². The van der Waals surface area contributed by atoms with Crippen LogP contribution in [0, 0.1) is 5.82 Å².